The molecule has 3 rings (SSSR count). The number of allylic oxidation sites excluding steroid dienone is 1. The number of dihydropyridines is 1. The van der Waals surface area contributed by atoms with Crippen molar-refractivity contribution in [2.75, 3.05) is 0 Å². The molecule has 0 aromatic rings. The Hall–Kier alpha value is -1.16. The van der Waals surface area contributed by atoms with Crippen LogP contribution >= 0.6 is 0 Å². The molecule has 4 nitrogen and oxygen atoms in total. The second kappa shape index (κ2) is 3.42. The molecule has 17 heavy (non-hydrogen) atoms. The Morgan fingerprint density at radius 2 is 2.12 bits per heavy atom. The van der Waals surface area contributed by atoms with E-state index in [1.165, 1.54) is 0 Å². The fourth-order valence-corrected chi connectivity index (χ4v) is 3.12. The maximum Gasteiger partial charge on any atom is 0.315 e. The molecule has 1 saturated heterocycles. The smallest absolute Gasteiger partial charge is 0.315 e. The number of aliphatic imine (C=N–C) groups is 1. The highest BCUT2D eigenvalue weighted by Gasteiger charge is 2.57. The minimum atomic E-state index is -0.621. The number of rotatable bonds is 0. The number of fused-ring (bicyclic) bond motifs is 2. The fourth-order valence-electron chi connectivity index (χ4n) is 3.12. The molecule has 0 bridgehead atoms. The van der Waals surface area contributed by atoms with Crippen LogP contribution in [0.15, 0.2) is 17.1 Å². The van der Waals surface area contributed by atoms with Crippen LogP contribution in [0.3, 0.4) is 0 Å². The molecule has 1 saturated carbocycles. The Bertz CT molecular complexity index is 401. The lowest BCUT2D eigenvalue weighted by Crippen LogP contribution is -2.47. The molecule has 92 valence electrons. The predicted molar refractivity (Wildman–Crippen MR) is 62.8 cm³/mol. The number of hydrogen-bond donors (Lipinski definition) is 1. The van der Waals surface area contributed by atoms with E-state index in [1.807, 2.05) is 13.0 Å². The quantitative estimate of drug-likeness (QED) is 0.642. The van der Waals surface area contributed by atoms with Crippen molar-refractivity contribution in [3.63, 3.8) is 0 Å². The summed E-state index contributed by atoms with van der Waals surface area (Å²) in [6, 6.07) is -0.0869. The van der Waals surface area contributed by atoms with Gasteiger partial charge in [-0.3, -0.25) is 9.79 Å². The van der Waals surface area contributed by atoms with E-state index in [0.29, 0.717) is 25.7 Å². The van der Waals surface area contributed by atoms with E-state index in [2.05, 4.69) is 4.99 Å². The van der Waals surface area contributed by atoms with Gasteiger partial charge in [0, 0.05) is 6.21 Å². The molecule has 3 aliphatic rings. The topological polar surface area (TPSA) is 58.9 Å². The van der Waals surface area contributed by atoms with E-state index >= 15 is 0 Å². The van der Waals surface area contributed by atoms with Crippen molar-refractivity contribution < 1.29 is 14.6 Å². The van der Waals surface area contributed by atoms with Crippen molar-refractivity contribution in [1.29, 1.82) is 0 Å². The number of nitrogens with zero attached hydrogens (tertiary/aromatic N) is 1. The van der Waals surface area contributed by atoms with Crippen molar-refractivity contribution in [2.45, 2.75) is 49.9 Å². The summed E-state index contributed by atoms with van der Waals surface area (Å²) in [5.41, 5.74) is -1.09. The summed E-state index contributed by atoms with van der Waals surface area (Å²) in [4.78, 5) is 16.3. The van der Waals surface area contributed by atoms with Crippen LogP contribution in [0, 0.1) is 5.92 Å². The van der Waals surface area contributed by atoms with Gasteiger partial charge >= 0.3 is 5.97 Å². The molecular weight excluding hydrogens is 218 g/mol. The van der Waals surface area contributed by atoms with Gasteiger partial charge < -0.3 is 9.84 Å². The number of carbonyl (C=O) groups is 1. The van der Waals surface area contributed by atoms with E-state index in [-0.39, 0.29) is 17.9 Å². The molecule has 0 aromatic heterocycles. The zero-order valence-electron chi connectivity index (χ0n) is 9.93. The number of carbonyl (C=O) groups excluding carboxylic acids is 1. The lowest BCUT2D eigenvalue weighted by Gasteiger charge is -2.41. The standard InChI is InChI=1S/C13H17NO3/c1-12(16)4-6-13(7-5-12)10-9(11(15)17-13)3-2-8-14-10/h2-3,8-10,16H,4-7H2,1H3. The van der Waals surface area contributed by atoms with Crippen molar-refractivity contribution in [2.24, 2.45) is 10.9 Å². The van der Waals surface area contributed by atoms with Gasteiger partial charge in [0.1, 0.15) is 17.6 Å². The second-order valence-electron chi connectivity index (χ2n) is 5.64. The number of hydrogen-bond acceptors (Lipinski definition) is 4. The number of aliphatic hydroxyl groups is 1. The van der Waals surface area contributed by atoms with Crippen LogP contribution in [-0.4, -0.2) is 34.5 Å². The van der Waals surface area contributed by atoms with Crippen LogP contribution in [0.2, 0.25) is 0 Å². The van der Waals surface area contributed by atoms with Gasteiger partial charge in [0.05, 0.1) is 5.60 Å². The van der Waals surface area contributed by atoms with E-state index in [9.17, 15) is 9.90 Å². The van der Waals surface area contributed by atoms with Crippen molar-refractivity contribution in [1.82, 2.24) is 0 Å². The normalized spacial score (nSPS) is 48.2. The van der Waals surface area contributed by atoms with Crippen LogP contribution in [0.4, 0.5) is 0 Å². The summed E-state index contributed by atoms with van der Waals surface area (Å²) in [5, 5.41) is 9.99. The third-order valence-electron chi connectivity index (χ3n) is 4.28. The first-order valence-electron chi connectivity index (χ1n) is 6.18. The Kier molecular flexibility index (Phi) is 2.20. The summed E-state index contributed by atoms with van der Waals surface area (Å²) in [7, 11) is 0. The van der Waals surface area contributed by atoms with Gasteiger partial charge in [0.15, 0.2) is 0 Å². The van der Waals surface area contributed by atoms with Crippen LogP contribution in [-0.2, 0) is 9.53 Å². The first kappa shape index (κ1) is 11.0. The molecule has 0 radical (unpaired) electrons. The molecule has 2 fully saturated rings. The lowest BCUT2D eigenvalue weighted by molar-refractivity contribution is -0.156. The fraction of sp³-hybridized carbons (Fsp3) is 0.692. The zero-order valence-corrected chi connectivity index (χ0v) is 9.93. The van der Waals surface area contributed by atoms with Crippen LogP contribution in [0.25, 0.3) is 0 Å². The Labute approximate surface area is 100 Å². The monoisotopic (exact) mass is 235 g/mol. The largest absolute Gasteiger partial charge is 0.456 e. The highest BCUT2D eigenvalue weighted by Crippen LogP contribution is 2.47. The first-order chi connectivity index (χ1) is 8.03. The Balaban J connectivity index is 1.87. The van der Waals surface area contributed by atoms with Crippen molar-refractivity contribution in [3.8, 4) is 0 Å². The lowest BCUT2D eigenvalue weighted by atomic mass is 9.72. The SMILES string of the molecule is CC1(O)CCC2(CC1)OC(=O)C1C=CC=NC12. The summed E-state index contributed by atoms with van der Waals surface area (Å²) in [5.74, 6) is -0.382. The van der Waals surface area contributed by atoms with E-state index in [4.69, 9.17) is 4.74 Å². The third-order valence-corrected chi connectivity index (χ3v) is 4.28. The van der Waals surface area contributed by atoms with E-state index in [0.717, 1.165) is 0 Å². The van der Waals surface area contributed by atoms with Crippen molar-refractivity contribution >= 4 is 12.2 Å². The van der Waals surface area contributed by atoms with Gasteiger partial charge in [0.25, 0.3) is 0 Å². The van der Waals surface area contributed by atoms with Crippen molar-refractivity contribution in [3.05, 3.63) is 12.2 Å². The third kappa shape index (κ3) is 1.62. The molecule has 1 aliphatic carbocycles. The summed E-state index contributed by atoms with van der Waals surface area (Å²) in [6.07, 6.45) is 8.18. The van der Waals surface area contributed by atoms with Gasteiger partial charge in [-0.05, 0) is 38.7 Å². The Morgan fingerprint density at radius 1 is 1.41 bits per heavy atom. The molecular formula is C13H17NO3. The highest BCUT2D eigenvalue weighted by atomic mass is 16.6. The summed E-state index contributed by atoms with van der Waals surface area (Å²) in [6.45, 7) is 1.85. The molecule has 2 heterocycles. The molecule has 1 N–H and O–H groups in total. The minimum Gasteiger partial charge on any atom is -0.456 e. The molecule has 2 unspecified atom stereocenters. The molecule has 2 aliphatic heterocycles. The predicted octanol–water partition coefficient (Wildman–Crippen LogP) is 1.23. The number of esters is 1. The van der Waals surface area contributed by atoms with E-state index in [1.54, 1.807) is 12.3 Å². The molecule has 2 atom stereocenters. The number of ether oxygens (including phenoxy) is 1. The van der Waals surface area contributed by atoms with Gasteiger partial charge in [-0.25, -0.2) is 0 Å². The summed E-state index contributed by atoms with van der Waals surface area (Å²) < 4.78 is 5.62. The first-order valence-corrected chi connectivity index (χ1v) is 6.18. The molecule has 0 amide bonds. The maximum atomic E-state index is 11.8. The average molecular weight is 235 g/mol. The summed E-state index contributed by atoms with van der Waals surface area (Å²) >= 11 is 0. The second-order valence-corrected chi connectivity index (χ2v) is 5.64. The molecule has 4 heteroatoms. The van der Waals surface area contributed by atoms with Gasteiger partial charge in [0.2, 0.25) is 0 Å². The minimum absolute atomic E-state index is 0.0869. The highest BCUT2D eigenvalue weighted by molar-refractivity contribution is 5.84. The van der Waals surface area contributed by atoms with Gasteiger partial charge in [-0.2, -0.15) is 0 Å². The maximum absolute atomic E-state index is 11.8. The van der Waals surface area contributed by atoms with Gasteiger partial charge in [-0.1, -0.05) is 6.08 Å². The zero-order chi connectivity index (χ0) is 12.1. The van der Waals surface area contributed by atoms with Gasteiger partial charge in [-0.15, -0.1) is 0 Å². The van der Waals surface area contributed by atoms with Crippen LogP contribution < -0.4 is 0 Å². The van der Waals surface area contributed by atoms with Crippen LogP contribution in [0.5, 0.6) is 0 Å². The molecule has 1 spiro atoms. The van der Waals surface area contributed by atoms with E-state index < -0.39 is 11.2 Å². The molecule has 0 aromatic carbocycles. The average Bonchev–Trinajstić information content (AvgIpc) is 2.59. The Morgan fingerprint density at radius 3 is 2.82 bits per heavy atom. The van der Waals surface area contributed by atoms with Crippen LogP contribution in [0.1, 0.15) is 32.6 Å².